The van der Waals surface area contributed by atoms with Crippen LogP contribution in [0.15, 0.2) is 18.2 Å². The second kappa shape index (κ2) is 6.57. The van der Waals surface area contributed by atoms with Crippen LogP contribution in [0.1, 0.15) is 51.6 Å². The summed E-state index contributed by atoms with van der Waals surface area (Å²) in [5, 5.41) is 3.60. The summed E-state index contributed by atoms with van der Waals surface area (Å²) in [6.07, 6.45) is 3.71. The van der Waals surface area contributed by atoms with Gasteiger partial charge in [-0.15, -0.1) is 0 Å². The Balaban J connectivity index is 2.02. The van der Waals surface area contributed by atoms with Crippen LogP contribution in [0.5, 0.6) is 5.75 Å². The van der Waals surface area contributed by atoms with Crippen LogP contribution >= 0.6 is 0 Å². The van der Waals surface area contributed by atoms with E-state index in [4.69, 9.17) is 4.74 Å². The van der Waals surface area contributed by atoms with Crippen molar-refractivity contribution in [1.29, 1.82) is 0 Å². The lowest BCUT2D eigenvalue weighted by Crippen LogP contribution is -2.40. The summed E-state index contributed by atoms with van der Waals surface area (Å²) in [6.45, 7) is 6.65. The summed E-state index contributed by atoms with van der Waals surface area (Å²) in [5.74, 6) is 1.85. The SMILES string of the molecule is COc1ccc(C(C)NC2CCC(C)CC2C)c(F)c1. The van der Waals surface area contributed by atoms with Gasteiger partial charge in [0.25, 0.3) is 0 Å². The van der Waals surface area contributed by atoms with E-state index in [1.54, 1.807) is 7.11 Å². The Labute approximate surface area is 121 Å². The number of ether oxygens (including phenoxy) is 1. The van der Waals surface area contributed by atoms with E-state index in [0.29, 0.717) is 17.7 Å². The van der Waals surface area contributed by atoms with Gasteiger partial charge >= 0.3 is 0 Å². The van der Waals surface area contributed by atoms with E-state index in [9.17, 15) is 4.39 Å². The summed E-state index contributed by atoms with van der Waals surface area (Å²) in [6, 6.07) is 5.62. The fourth-order valence-electron chi connectivity index (χ4n) is 3.31. The molecule has 0 amide bonds. The number of methoxy groups -OCH3 is 1. The fraction of sp³-hybridized carbons (Fsp3) is 0.647. The van der Waals surface area contributed by atoms with Crippen molar-refractivity contribution in [2.75, 3.05) is 7.11 Å². The Hall–Kier alpha value is -1.09. The van der Waals surface area contributed by atoms with Crippen LogP contribution in [-0.4, -0.2) is 13.2 Å². The molecule has 2 nitrogen and oxygen atoms in total. The smallest absolute Gasteiger partial charge is 0.131 e. The lowest BCUT2D eigenvalue weighted by Gasteiger charge is -2.35. The zero-order valence-electron chi connectivity index (χ0n) is 12.9. The van der Waals surface area contributed by atoms with Crippen LogP contribution in [0, 0.1) is 17.7 Å². The van der Waals surface area contributed by atoms with Gasteiger partial charge in [0, 0.05) is 23.7 Å². The van der Waals surface area contributed by atoms with E-state index in [1.807, 2.05) is 19.1 Å². The van der Waals surface area contributed by atoms with Crippen molar-refractivity contribution in [3.63, 3.8) is 0 Å². The molecule has 1 aromatic rings. The molecule has 2 rings (SSSR count). The van der Waals surface area contributed by atoms with Crippen molar-refractivity contribution < 1.29 is 9.13 Å². The minimum Gasteiger partial charge on any atom is -0.497 e. The topological polar surface area (TPSA) is 21.3 Å². The standard InChI is InChI=1S/C17H26FNO/c1-11-5-8-17(12(2)9-11)19-13(3)15-7-6-14(20-4)10-16(15)18/h6-7,10-13,17,19H,5,8-9H2,1-4H3. The van der Waals surface area contributed by atoms with Gasteiger partial charge in [-0.1, -0.05) is 19.9 Å². The number of halogens is 1. The molecule has 0 spiro atoms. The number of hydrogen-bond donors (Lipinski definition) is 1. The van der Waals surface area contributed by atoms with Gasteiger partial charge in [-0.2, -0.15) is 0 Å². The summed E-state index contributed by atoms with van der Waals surface area (Å²) in [7, 11) is 1.56. The molecule has 0 saturated heterocycles. The van der Waals surface area contributed by atoms with Gasteiger partial charge in [0.05, 0.1) is 7.11 Å². The van der Waals surface area contributed by atoms with Gasteiger partial charge < -0.3 is 10.1 Å². The molecule has 0 aromatic heterocycles. The molecular weight excluding hydrogens is 253 g/mol. The molecular formula is C17H26FNO. The van der Waals surface area contributed by atoms with E-state index >= 15 is 0 Å². The van der Waals surface area contributed by atoms with Crippen molar-refractivity contribution in [3.8, 4) is 5.75 Å². The molecule has 20 heavy (non-hydrogen) atoms. The lowest BCUT2D eigenvalue weighted by atomic mass is 9.79. The maximum atomic E-state index is 14.1. The molecule has 0 radical (unpaired) electrons. The fourth-order valence-corrected chi connectivity index (χ4v) is 3.31. The molecule has 1 aromatic carbocycles. The summed E-state index contributed by atoms with van der Waals surface area (Å²) in [5.41, 5.74) is 0.719. The average Bonchev–Trinajstić information content (AvgIpc) is 2.41. The molecule has 3 heteroatoms. The Morgan fingerprint density at radius 3 is 2.65 bits per heavy atom. The van der Waals surface area contributed by atoms with Crippen LogP contribution in [0.2, 0.25) is 0 Å². The zero-order chi connectivity index (χ0) is 14.7. The molecule has 4 unspecified atom stereocenters. The van der Waals surface area contributed by atoms with E-state index in [-0.39, 0.29) is 11.9 Å². The van der Waals surface area contributed by atoms with Gasteiger partial charge in [-0.05, 0) is 44.1 Å². The predicted octanol–water partition coefficient (Wildman–Crippen LogP) is 4.31. The van der Waals surface area contributed by atoms with Crippen LogP contribution in [-0.2, 0) is 0 Å². The Kier molecular flexibility index (Phi) is 5.03. The molecule has 0 aliphatic heterocycles. The van der Waals surface area contributed by atoms with Crippen LogP contribution in [0.4, 0.5) is 4.39 Å². The van der Waals surface area contributed by atoms with Crippen molar-refractivity contribution in [1.82, 2.24) is 5.32 Å². The van der Waals surface area contributed by atoms with Gasteiger partial charge in [0.2, 0.25) is 0 Å². The van der Waals surface area contributed by atoms with Crippen LogP contribution in [0.25, 0.3) is 0 Å². The summed E-state index contributed by atoms with van der Waals surface area (Å²) >= 11 is 0. The third kappa shape index (κ3) is 3.51. The van der Waals surface area contributed by atoms with Gasteiger partial charge in [-0.25, -0.2) is 4.39 Å². The first-order chi connectivity index (χ1) is 9.51. The Morgan fingerprint density at radius 1 is 1.30 bits per heavy atom. The third-order valence-electron chi connectivity index (χ3n) is 4.57. The zero-order valence-corrected chi connectivity index (χ0v) is 12.9. The third-order valence-corrected chi connectivity index (χ3v) is 4.57. The van der Waals surface area contributed by atoms with Crippen molar-refractivity contribution >= 4 is 0 Å². The second-order valence-electron chi connectivity index (χ2n) is 6.28. The average molecular weight is 279 g/mol. The monoisotopic (exact) mass is 279 g/mol. The highest BCUT2D eigenvalue weighted by atomic mass is 19.1. The predicted molar refractivity (Wildman–Crippen MR) is 80.5 cm³/mol. The molecule has 0 bridgehead atoms. The molecule has 1 aliphatic rings. The molecule has 112 valence electrons. The number of benzene rings is 1. The van der Waals surface area contributed by atoms with E-state index in [2.05, 4.69) is 19.2 Å². The first-order valence-electron chi connectivity index (χ1n) is 7.60. The maximum absolute atomic E-state index is 14.1. The summed E-state index contributed by atoms with van der Waals surface area (Å²) < 4.78 is 19.1. The quantitative estimate of drug-likeness (QED) is 0.886. The minimum atomic E-state index is -0.193. The minimum absolute atomic E-state index is 0.0294. The first kappa shape index (κ1) is 15.3. The molecule has 4 atom stereocenters. The number of nitrogens with one attached hydrogen (secondary N) is 1. The highest BCUT2D eigenvalue weighted by molar-refractivity contribution is 5.30. The normalized spacial score (nSPS) is 28.1. The van der Waals surface area contributed by atoms with Crippen molar-refractivity contribution in [2.45, 2.75) is 52.1 Å². The molecule has 1 aliphatic carbocycles. The van der Waals surface area contributed by atoms with Gasteiger partial charge in [0.15, 0.2) is 0 Å². The lowest BCUT2D eigenvalue weighted by molar-refractivity contribution is 0.215. The maximum Gasteiger partial charge on any atom is 0.131 e. The van der Waals surface area contributed by atoms with Crippen molar-refractivity contribution in [2.24, 2.45) is 11.8 Å². The number of rotatable bonds is 4. The Bertz CT molecular complexity index is 449. The van der Waals surface area contributed by atoms with Crippen molar-refractivity contribution in [3.05, 3.63) is 29.6 Å². The molecule has 1 N–H and O–H groups in total. The number of hydrogen-bond acceptors (Lipinski definition) is 2. The van der Waals surface area contributed by atoms with E-state index in [0.717, 1.165) is 11.5 Å². The molecule has 1 fully saturated rings. The van der Waals surface area contributed by atoms with Crippen LogP contribution < -0.4 is 10.1 Å². The van der Waals surface area contributed by atoms with Crippen LogP contribution in [0.3, 0.4) is 0 Å². The molecule has 1 saturated carbocycles. The van der Waals surface area contributed by atoms with E-state index < -0.39 is 0 Å². The molecule has 0 heterocycles. The van der Waals surface area contributed by atoms with Gasteiger partial charge in [0.1, 0.15) is 11.6 Å². The summed E-state index contributed by atoms with van der Waals surface area (Å²) in [4.78, 5) is 0. The second-order valence-corrected chi connectivity index (χ2v) is 6.28. The largest absolute Gasteiger partial charge is 0.497 e. The first-order valence-corrected chi connectivity index (χ1v) is 7.60. The Morgan fingerprint density at radius 2 is 2.05 bits per heavy atom. The highest BCUT2D eigenvalue weighted by Crippen LogP contribution is 2.31. The highest BCUT2D eigenvalue weighted by Gasteiger charge is 2.27. The van der Waals surface area contributed by atoms with E-state index in [1.165, 1.54) is 25.3 Å². The van der Waals surface area contributed by atoms with Gasteiger partial charge in [-0.3, -0.25) is 0 Å².